The van der Waals surface area contributed by atoms with Crippen LogP contribution in [0.25, 0.3) is 0 Å². The number of nitrogens with zero attached hydrogens (tertiary/aromatic N) is 1. The van der Waals surface area contributed by atoms with Crippen molar-refractivity contribution in [2.45, 2.75) is 44.0 Å². The summed E-state index contributed by atoms with van der Waals surface area (Å²) in [6.07, 6.45) is 2.15. The lowest BCUT2D eigenvalue weighted by Gasteiger charge is -2.17. The van der Waals surface area contributed by atoms with Crippen LogP contribution >= 0.6 is 0 Å². The molecule has 8 nitrogen and oxygen atoms in total. The molecular formula is C12H20N4O4S. The third kappa shape index (κ3) is 4.38. The topological polar surface area (TPSA) is 127 Å². The zero-order chi connectivity index (χ0) is 16.0. The van der Waals surface area contributed by atoms with E-state index in [4.69, 9.17) is 5.84 Å². The van der Waals surface area contributed by atoms with Gasteiger partial charge in [-0.15, -0.1) is 0 Å². The zero-order valence-corrected chi connectivity index (χ0v) is 12.8. The van der Waals surface area contributed by atoms with Gasteiger partial charge in [0.25, 0.3) is 5.69 Å². The number of nitro groups is 1. The molecule has 0 amide bonds. The van der Waals surface area contributed by atoms with Gasteiger partial charge >= 0.3 is 0 Å². The van der Waals surface area contributed by atoms with Crippen molar-refractivity contribution in [1.29, 1.82) is 0 Å². The molecule has 21 heavy (non-hydrogen) atoms. The molecule has 0 heterocycles. The lowest BCUT2D eigenvalue weighted by molar-refractivity contribution is -0.385. The summed E-state index contributed by atoms with van der Waals surface area (Å²) in [6.45, 7) is 3.83. The lowest BCUT2D eigenvalue weighted by Crippen LogP contribution is -2.34. The highest BCUT2D eigenvalue weighted by atomic mass is 32.2. The molecule has 1 rings (SSSR count). The average molecular weight is 316 g/mol. The Balaban J connectivity index is 3.22. The van der Waals surface area contributed by atoms with E-state index in [0.717, 1.165) is 12.5 Å². The van der Waals surface area contributed by atoms with Gasteiger partial charge in [-0.25, -0.2) is 13.1 Å². The fourth-order valence-electron chi connectivity index (χ4n) is 1.94. The van der Waals surface area contributed by atoms with Crippen LogP contribution in [-0.4, -0.2) is 19.4 Å². The summed E-state index contributed by atoms with van der Waals surface area (Å²) < 4.78 is 27.4. The molecule has 0 aliphatic rings. The maximum atomic E-state index is 12.4. The molecule has 0 aromatic heterocycles. The van der Waals surface area contributed by atoms with Gasteiger partial charge in [-0.3, -0.25) is 16.0 Å². The molecule has 0 bridgehead atoms. The number of hydrogen-bond acceptors (Lipinski definition) is 6. The van der Waals surface area contributed by atoms with Gasteiger partial charge in [0.05, 0.1) is 10.6 Å². The van der Waals surface area contributed by atoms with E-state index in [1.54, 1.807) is 0 Å². The number of benzene rings is 1. The average Bonchev–Trinajstić information content (AvgIpc) is 2.45. The van der Waals surface area contributed by atoms with E-state index >= 15 is 0 Å². The van der Waals surface area contributed by atoms with Crippen LogP contribution in [0.3, 0.4) is 0 Å². The monoisotopic (exact) mass is 316 g/mol. The summed E-state index contributed by atoms with van der Waals surface area (Å²) in [5, 5.41) is 10.8. The van der Waals surface area contributed by atoms with Crippen molar-refractivity contribution in [2.24, 2.45) is 5.84 Å². The molecule has 0 fully saturated rings. The Labute approximate surface area is 123 Å². The second kappa shape index (κ2) is 7.34. The quantitative estimate of drug-likeness (QED) is 0.381. The third-order valence-corrected chi connectivity index (χ3v) is 4.63. The first-order chi connectivity index (χ1) is 9.85. The Hall–Kier alpha value is -1.71. The fraction of sp³-hybridized carbons (Fsp3) is 0.500. The van der Waals surface area contributed by atoms with Gasteiger partial charge in [0.2, 0.25) is 10.0 Å². The van der Waals surface area contributed by atoms with E-state index in [-0.39, 0.29) is 22.3 Å². The van der Waals surface area contributed by atoms with E-state index in [2.05, 4.69) is 10.1 Å². The summed E-state index contributed by atoms with van der Waals surface area (Å²) >= 11 is 0. The zero-order valence-electron chi connectivity index (χ0n) is 12.0. The standard InChI is InChI=1S/C12H20N4O4S/c1-3-5-9(4-2)15-21(19,20)12-8-10(16(17)18)6-7-11(12)14-13/h6-9,14-15H,3-5,13H2,1-2H3. The van der Waals surface area contributed by atoms with E-state index in [1.165, 1.54) is 12.1 Å². The Morgan fingerprint density at radius 3 is 2.52 bits per heavy atom. The first kappa shape index (κ1) is 17.3. The summed E-state index contributed by atoms with van der Waals surface area (Å²) in [5.41, 5.74) is 2.05. The van der Waals surface area contributed by atoms with Gasteiger partial charge in [0.15, 0.2) is 0 Å². The van der Waals surface area contributed by atoms with Gasteiger partial charge < -0.3 is 5.43 Å². The largest absolute Gasteiger partial charge is 0.323 e. The summed E-state index contributed by atoms with van der Waals surface area (Å²) in [4.78, 5) is 9.92. The van der Waals surface area contributed by atoms with Gasteiger partial charge in [-0.1, -0.05) is 20.3 Å². The van der Waals surface area contributed by atoms with E-state index in [1.807, 2.05) is 13.8 Å². The maximum absolute atomic E-state index is 12.4. The molecule has 1 aromatic rings. The first-order valence-corrected chi connectivity index (χ1v) is 8.11. The van der Waals surface area contributed by atoms with Crippen molar-refractivity contribution in [2.75, 3.05) is 5.43 Å². The molecular weight excluding hydrogens is 296 g/mol. The van der Waals surface area contributed by atoms with Crippen LogP contribution in [0.15, 0.2) is 23.1 Å². The number of nitro benzene ring substituents is 1. The van der Waals surface area contributed by atoms with E-state index in [9.17, 15) is 18.5 Å². The third-order valence-electron chi connectivity index (χ3n) is 3.07. The normalized spacial score (nSPS) is 12.9. The number of anilines is 1. The molecule has 4 N–H and O–H groups in total. The van der Waals surface area contributed by atoms with Crippen LogP contribution in [0.4, 0.5) is 11.4 Å². The Morgan fingerprint density at radius 1 is 1.38 bits per heavy atom. The number of non-ortho nitro benzene ring substituents is 1. The lowest BCUT2D eigenvalue weighted by atomic mass is 10.1. The highest BCUT2D eigenvalue weighted by Gasteiger charge is 2.24. The van der Waals surface area contributed by atoms with Crippen LogP contribution in [0.5, 0.6) is 0 Å². The predicted molar refractivity (Wildman–Crippen MR) is 80.2 cm³/mol. The molecule has 1 aromatic carbocycles. The van der Waals surface area contributed by atoms with Gasteiger partial charge in [-0.2, -0.15) is 0 Å². The highest BCUT2D eigenvalue weighted by molar-refractivity contribution is 7.89. The van der Waals surface area contributed by atoms with Crippen molar-refractivity contribution in [3.8, 4) is 0 Å². The Kier molecular flexibility index (Phi) is 6.06. The van der Waals surface area contributed by atoms with Crippen LogP contribution in [0, 0.1) is 10.1 Å². The number of hydrogen-bond donors (Lipinski definition) is 3. The fourth-order valence-corrected chi connectivity index (χ4v) is 3.49. The first-order valence-electron chi connectivity index (χ1n) is 6.63. The second-order valence-electron chi connectivity index (χ2n) is 4.60. The van der Waals surface area contributed by atoms with Crippen molar-refractivity contribution in [3.05, 3.63) is 28.3 Å². The van der Waals surface area contributed by atoms with E-state index < -0.39 is 14.9 Å². The number of hydrazine groups is 1. The van der Waals surface area contributed by atoms with Gasteiger partial charge in [0.1, 0.15) is 4.90 Å². The van der Waals surface area contributed by atoms with Crippen LogP contribution in [0.1, 0.15) is 33.1 Å². The number of nitrogen functional groups attached to an aromatic ring is 1. The summed E-state index contributed by atoms with van der Waals surface area (Å²) in [5.74, 6) is 5.28. The SMILES string of the molecule is CCCC(CC)NS(=O)(=O)c1cc([N+](=O)[O-])ccc1NN. The van der Waals surface area contributed by atoms with Crippen molar-refractivity contribution in [1.82, 2.24) is 4.72 Å². The number of nitrogens with one attached hydrogen (secondary N) is 2. The predicted octanol–water partition coefficient (Wildman–Crippen LogP) is 1.74. The molecule has 9 heteroatoms. The molecule has 1 unspecified atom stereocenters. The smallest absolute Gasteiger partial charge is 0.270 e. The minimum Gasteiger partial charge on any atom is -0.323 e. The molecule has 0 radical (unpaired) electrons. The number of sulfonamides is 1. The minimum atomic E-state index is -3.89. The minimum absolute atomic E-state index is 0.111. The molecule has 1 atom stereocenters. The number of nitrogens with two attached hydrogens (primary N) is 1. The molecule has 0 spiro atoms. The number of rotatable bonds is 8. The molecule has 0 saturated heterocycles. The molecule has 0 aliphatic carbocycles. The summed E-state index contributed by atoms with van der Waals surface area (Å²) in [7, 11) is -3.89. The van der Waals surface area contributed by atoms with E-state index in [0.29, 0.717) is 12.8 Å². The Bertz CT molecular complexity index is 603. The molecule has 118 valence electrons. The van der Waals surface area contributed by atoms with Crippen LogP contribution in [0.2, 0.25) is 0 Å². The Morgan fingerprint density at radius 2 is 2.05 bits per heavy atom. The van der Waals surface area contributed by atoms with Crippen LogP contribution < -0.4 is 16.0 Å². The summed E-state index contributed by atoms with van der Waals surface area (Å²) in [6, 6.07) is 3.24. The van der Waals surface area contributed by atoms with Gasteiger partial charge in [0, 0.05) is 18.2 Å². The molecule has 0 aliphatic heterocycles. The van der Waals surface area contributed by atoms with Gasteiger partial charge in [-0.05, 0) is 18.9 Å². The molecule has 0 saturated carbocycles. The van der Waals surface area contributed by atoms with Crippen molar-refractivity contribution in [3.63, 3.8) is 0 Å². The van der Waals surface area contributed by atoms with Crippen LogP contribution in [-0.2, 0) is 10.0 Å². The second-order valence-corrected chi connectivity index (χ2v) is 6.28. The maximum Gasteiger partial charge on any atom is 0.270 e. The van der Waals surface area contributed by atoms with Crippen molar-refractivity contribution >= 4 is 21.4 Å². The van der Waals surface area contributed by atoms with Crippen molar-refractivity contribution < 1.29 is 13.3 Å². The highest BCUT2D eigenvalue weighted by Crippen LogP contribution is 2.26.